The summed E-state index contributed by atoms with van der Waals surface area (Å²) in [5.41, 5.74) is 0. The molecular weight excluding hydrogens is 153 g/mol. The van der Waals surface area contributed by atoms with Crippen molar-refractivity contribution in [2.75, 3.05) is 26.9 Å². The van der Waals surface area contributed by atoms with Gasteiger partial charge in [-0.05, 0) is 4.90 Å². The molecule has 0 N–H and O–H groups in total. The minimum absolute atomic E-state index is 0.0604. The first-order chi connectivity index (χ1) is 5.25. The van der Waals surface area contributed by atoms with E-state index in [-0.39, 0.29) is 13.2 Å². The average Bonchev–Trinajstić information content (AvgIpc) is 2.04. The van der Waals surface area contributed by atoms with Crippen LogP contribution in [0.2, 0.25) is 0 Å². The van der Waals surface area contributed by atoms with Crippen LogP contribution in [0, 0.1) is 0 Å². The number of carbonyl (C=O) groups excluding carboxylic acids is 1. The van der Waals surface area contributed by atoms with E-state index in [4.69, 9.17) is 4.74 Å². The van der Waals surface area contributed by atoms with Gasteiger partial charge in [0.1, 0.15) is 13.2 Å². The Morgan fingerprint density at radius 1 is 1.82 bits per heavy atom. The molecule has 0 saturated carbocycles. The second-order valence-electron chi connectivity index (χ2n) is 2.17. The molecule has 0 aromatic rings. The molecule has 1 unspecified atom stereocenters. The van der Waals surface area contributed by atoms with Crippen LogP contribution in [0.3, 0.4) is 0 Å². The molecule has 0 aromatic carbocycles. The van der Waals surface area contributed by atoms with E-state index in [1.165, 1.54) is 7.11 Å². The zero-order valence-electron chi connectivity index (χ0n) is 6.25. The molecule has 11 heavy (non-hydrogen) atoms. The number of carbonyl (C=O) groups is 1. The van der Waals surface area contributed by atoms with Gasteiger partial charge in [-0.25, -0.2) is 0 Å². The van der Waals surface area contributed by atoms with Crippen molar-refractivity contribution >= 4 is 6.09 Å². The maximum Gasteiger partial charge on any atom is 0.568 e. The summed E-state index contributed by atoms with van der Waals surface area (Å²) in [7, 11) is 1.23. The van der Waals surface area contributed by atoms with Gasteiger partial charge in [0, 0.05) is 0 Å². The lowest BCUT2D eigenvalue weighted by Crippen LogP contribution is -2.51. The van der Waals surface area contributed by atoms with E-state index in [0.717, 1.165) is 4.90 Å². The fraction of sp³-hybridized carbons (Fsp3) is 0.833. The van der Waals surface area contributed by atoms with Crippen LogP contribution in [-0.4, -0.2) is 39.3 Å². The van der Waals surface area contributed by atoms with Crippen molar-refractivity contribution in [3.8, 4) is 0 Å². The van der Waals surface area contributed by atoms with E-state index in [9.17, 15) is 9.18 Å². The van der Waals surface area contributed by atoms with Crippen LogP contribution in [0.1, 0.15) is 0 Å². The van der Waals surface area contributed by atoms with E-state index in [2.05, 4.69) is 4.74 Å². The van der Waals surface area contributed by atoms with Crippen molar-refractivity contribution in [2.24, 2.45) is 0 Å². The SMILES string of the molecule is COC(=O)[N+]1CCOCC1F. The van der Waals surface area contributed by atoms with Gasteiger partial charge in [0.15, 0.2) is 6.54 Å². The number of halogens is 1. The topological polar surface area (TPSA) is 41.4 Å². The van der Waals surface area contributed by atoms with Gasteiger partial charge >= 0.3 is 12.4 Å². The molecule has 63 valence electrons. The third kappa shape index (κ3) is 1.87. The number of morpholine rings is 1. The van der Waals surface area contributed by atoms with Crippen molar-refractivity contribution in [1.82, 2.24) is 4.90 Å². The van der Waals surface area contributed by atoms with Gasteiger partial charge < -0.3 is 9.47 Å². The van der Waals surface area contributed by atoms with Gasteiger partial charge in [-0.1, -0.05) is 0 Å². The molecule has 1 amide bonds. The number of amides is 1. The number of hydrogen-bond donors (Lipinski definition) is 0. The first-order valence-corrected chi connectivity index (χ1v) is 3.32. The van der Waals surface area contributed by atoms with Gasteiger partial charge in [-0.3, -0.25) is 0 Å². The lowest BCUT2D eigenvalue weighted by Gasteiger charge is -2.17. The predicted octanol–water partition coefficient (Wildman–Crippen LogP) is 0.219. The van der Waals surface area contributed by atoms with Crippen molar-refractivity contribution in [2.45, 2.75) is 6.30 Å². The Labute approximate surface area is 63.9 Å². The van der Waals surface area contributed by atoms with Gasteiger partial charge in [-0.2, -0.15) is 9.18 Å². The van der Waals surface area contributed by atoms with E-state index < -0.39 is 12.4 Å². The predicted molar refractivity (Wildman–Crippen MR) is 35.1 cm³/mol. The first-order valence-electron chi connectivity index (χ1n) is 3.32. The van der Waals surface area contributed by atoms with Crippen LogP contribution < -0.4 is 4.90 Å². The number of methoxy groups -OCH3 is 1. The molecule has 0 aliphatic carbocycles. The summed E-state index contributed by atoms with van der Waals surface area (Å²) in [6.07, 6.45) is -2.00. The summed E-state index contributed by atoms with van der Waals surface area (Å²) < 4.78 is 21.9. The molecule has 1 rings (SSSR count). The minimum atomic E-state index is -1.36. The van der Waals surface area contributed by atoms with Crippen molar-refractivity contribution in [3.05, 3.63) is 0 Å². The van der Waals surface area contributed by atoms with Crippen LogP contribution in [0.5, 0.6) is 0 Å². The summed E-state index contributed by atoms with van der Waals surface area (Å²) in [5.74, 6) is 0. The Morgan fingerprint density at radius 2 is 2.55 bits per heavy atom. The van der Waals surface area contributed by atoms with E-state index >= 15 is 0 Å². The molecule has 4 nitrogen and oxygen atoms in total. The quantitative estimate of drug-likeness (QED) is 0.379. The number of nitrogens with zero attached hydrogens (tertiary/aromatic N) is 1. The molecule has 1 radical (unpaired) electrons. The van der Waals surface area contributed by atoms with E-state index in [1.807, 2.05) is 0 Å². The van der Waals surface area contributed by atoms with Crippen LogP contribution in [0.4, 0.5) is 9.18 Å². The molecule has 1 aliphatic heterocycles. The van der Waals surface area contributed by atoms with Crippen LogP contribution >= 0.6 is 0 Å². The zero-order valence-corrected chi connectivity index (χ0v) is 6.25. The van der Waals surface area contributed by atoms with Crippen molar-refractivity contribution in [3.63, 3.8) is 0 Å². The highest BCUT2D eigenvalue weighted by molar-refractivity contribution is 5.70. The second kappa shape index (κ2) is 3.64. The summed E-state index contributed by atoms with van der Waals surface area (Å²) in [4.78, 5) is 11.8. The fourth-order valence-electron chi connectivity index (χ4n) is 0.896. The van der Waals surface area contributed by atoms with Gasteiger partial charge in [0.2, 0.25) is 0 Å². The Kier molecular flexibility index (Phi) is 2.78. The average molecular weight is 163 g/mol. The zero-order chi connectivity index (χ0) is 8.27. The highest BCUT2D eigenvalue weighted by atomic mass is 19.1. The molecular formula is C6H10FNO3+. The lowest BCUT2D eigenvalue weighted by atomic mass is 10.4. The Bertz CT molecular complexity index is 153. The van der Waals surface area contributed by atoms with Crippen LogP contribution in [-0.2, 0) is 9.47 Å². The molecule has 5 heteroatoms. The largest absolute Gasteiger partial charge is 0.568 e. The summed E-state index contributed by atoms with van der Waals surface area (Å²) in [5, 5.41) is 0. The first kappa shape index (κ1) is 8.42. The standard InChI is InChI=1S/C6H10FNO3/c1-10-6(9)8-2-3-11-4-5(8)7/h5H,2-4H2,1H3/q+1. The molecule has 1 saturated heterocycles. The third-order valence-electron chi connectivity index (χ3n) is 1.48. The minimum Gasteiger partial charge on any atom is -0.420 e. The number of rotatable bonds is 0. The maximum absolute atomic E-state index is 12.8. The van der Waals surface area contributed by atoms with Crippen LogP contribution in [0.15, 0.2) is 0 Å². The Hall–Kier alpha value is -0.680. The van der Waals surface area contributed by atoms with Crippen molar-refractivity contribution < 1.29 is 18.7 Å². The Balaban J connectivity index is 2.47. The molecule has 0 aromatic heterocycles. The molecule has 0 bridgehead atoms. The molecule has 1 heterocycles. The van der Waals surface area contributed by atoms with Gasteiger partial charge in [0.25, 0.3) is 0 Å². The summed E-state index contributed by atoms with van der Waals surface area (Å²) in [6.45, 7) is 0.568. The highest BCUT2D eigenvalue weighted by Gasteiger charge is 2.39. The normalized spacial score (nSPS) is 26.5. The Morgan fingerprint density at radius 3 is 3.09 bits per heavy atom. The molecule has 0 spiro atoms. The second-order valence-corrected chi connectivity index (χ2v) is 2.17. The van der Waals surface area contributed by atoms with E-state index in [1.54, 1.807) is 0 Å². The lowest BCUT2D eigenvalue weighted by molar-refractivity contribution is -0.0138. The summed E-state index contributed by atoms with van der Waals surface area (Å²) in [6, 6.07) is 0. The van der Waals surface area contributed by atoms with E-state index in [0.29, 0.717) is 6.61 Å². The maximum atomic E-state index is 12.8. The third-order valence-corrected chi connectivity index (χ3v) is 1.48. The van der Waals surface area contributed by atoms with Crippen molar-refractivity contribution in [1.29, 1.82) is 0 Å². The smallest absolute Gasteiger partial charge is 0.420 e. The monoisotopic (exact) mass is 163 g/mol. The summed E-state index contributed by atoms with van der Waals surface area (Å²) >= 11 is 0. The molecule has 1 aliphatic rings. The fourth-order valence-corrected chi connectivity index (χ4v) is 0.896. The number of alkyl halides is 1. The number of hydrogen-bond acceptors (Lipinski definition) is 3. The number of ether oxygens (including phenoxy) is 2. The molecule has 1 fully saturated rings. The van der Waals surface area contributed by atoms with Crippen LogP contribution in [0.25, 0.3) is 0 Å². The van der Waals surface area contributed by atoms with Gasteiger partial charge in [-0.15, -0.1) is 0 Å². The molecule has 1 atom stereocenters. The van der Waals surface area contributed by atoms with Gasteiger partial charge in [0.05, 0.1) is 7.11 Å². The highest BCUT2D eigenvalue weighted by Crippen LogP contribution is 2.05.